The van der Waals surface area contributed by atoms with Gasteiger partial charge in [-0.1, -0.05) is 18.2 Å². The largest absolute Gasteiger partial charge is 0.464 e. The molecular weight excluding hydrogens is 528 g/mol. The molecule has 202 valence electrons. The van der Waals surface area contributed by atoms with Crippen molar-refractivity contribution in [1.29, 1.82) is 0 Å². The van der Waals surface area contributed by atoms with E-state index in [9.17, 15) is 14.4 Å². The van der Waals surface area contributed by atoms with Crippen molar-refractivity contribution < 1.29 is 37.7 Å². The second-order valence-corrected chi connectivity index (χ2v) is 11.2. The second kappa shape index (κ2) is 12.2. The van der Waals surface area contributed by atoms with Crippen LogP contribution in [-0.4, -0.2) is 47.9 Å². The molecule has 0 aliphatic carbocycles. The summed E-state index contributed by atoms with van der Waals surface area (Å²) >= 11 is 3.09. The molecule has 1 saturated heterocycles. The fraction of sp³-hybridized carbons (Fsp3) is 0.393. The van der Waals surface area contributed by atoms with Crippen LogP contribution in [0.2, 0.25) is 0 Å². The number of thiophene rings is 1. The molecule has 0 N–H and O–H groups in total. The first kappa shape index (κ1) is 27.9. The van der Waals surface area contributed by atoms with Crippen LogP contribution in [0.1, 0.15) is 48.4 Å². The number of carbonyl (C=O) groups is 3. The van der Waals surface area contributed by atoms with E-state index in [4.69, 9.17) is 23.4 Å². The molecule has 1 fully saturated rings. The van der Waals surface area contributed by atoms with Crippen LogP contribution in [0, 0.1) is 6.92 Å². The summed E-state index contributed by atoms with van der Waals surface area (Å²) in [6.07, 6.45) is 0.382. The van der Waals surface area contributed by atoms with Gasteiger partial charge in [0, 0.05) is 32.1 Å². The van der Waals surface area contributed by atoms with Crippen LogP contribution in [0.15, 0.2) is 53.1 Å². The molecular formula is C28H30O8S2. The van der Waals surface area contributed by atoms with Crippen LogP contribution < -0.4 is 0 Å². The Balaban J connectivity index is 1.67. The van der Waals surface area contributed by atoms with Crippen molar-refractivity contribution in [2.75, 3.05) is 6.26 Å². The quantitative estimate of drug-likeness (QED) is 0.263. The highest BCUT2D eigenvalue weighted by atomic mass is 32.2. The van der Waals surface area contributed by atoms with Gasteiger partial charge in [0.25, 0.3) is 0 Å². The van der Waals surface area contributed by atoms with E-state index < -0.39 is 47.8 Å². The SMILES string of the molecule is CS[C@H]1C(c2ccc(C)c(Cc3ccc(-c4ccco4)s3)c2)O[C@H](OC(C)=O)[C@@H](OC(C)=O)[C@@H]1OC(C)=O. The summed E-state index contributed by atoms with van der Waals surface area (Å²) in [4.78, 5) is 38.0. The molecule has 0 spiro atoms. The van der Waals surface area contributed by atoms with Gasteiger partial charge in [0.15, 0.2) is 6.10 Å². The van der Waals surface area contributed by atoms with Crippen molar-refractivity contribution in [3.05, 3.63) is 70.3 Å². The Labute approximate surface area is 229 Å². The number of ether oxygens (including phenoxy) is 4. The van der Waals surface area contributed by atoms with Gasteiger partial charge in [0.2, 0.25) is 12.4 Å². The summed E-state index contributed by atoms with van der Waals surface area (Å²) in [5, 5.41) is -0.432. The van der Waals surface area contributed by atoms with Crippen molar-refractivity contribution in [2.24, 2.45) is 0 Å². The van der Waals surface area contributed by atoms with Gasteiger partial charge in [-0.25, -0.2) is 0 Å². The number of esters is 3. The zero-order chi connectivity index (χ0) is 27.4. The maximum absolute atomic E-state index is 12.0. The summed E-state index contributed by atoms with van der Waals surface area (Å²) in [6.45, 7) is 5.82. The maximum atomic E-state index is 12.0. The molecule has 0 saturated carbocycles. The number of benzene rings is 1. The van der Waals surface area contributed by atoms with E-state index >= 15 is 0 Å². The number of thioether (sulfide) groups is 1. The van der Waals surface area contributed by atoms with Gasteiger partial charge in [-0.05, 0) is 54.1 Å². The Morgan fingerprint density at radius 3 is 2.29 bits per heavy atom. The molecule has 4 rings (SSSR count). The third kappa shape index (κ3) is 6.48. The number of furan rings is 1. The summed E-state index contributed by atoms with van der Waals surface area (Å²) in [5.41, 5.74) is 3.06. The molecule has 3 heterocycles. The number of hydrogen-bond acceptors (Lipinski definition) is 10. The first-order valence-corrected chi connectivity index (χ1v) is 14.2. The predicted octanol–water partition coefficient (Wildman–Crippen LogP) is 5.46. The molecule has 1 unspecified atom stereocenters. The van der Waals surface area contributed by atoms with Gasteiger partial charge in [0.05, 0.1) is 16.4 Å². The molecule has 10 heteroatoms. The van der Waals surface area contributed by atoms with Crippen molar-refractivity contribution >= 4 is 41.0 Å². The first-order chi connectivity index (χ1) is 18.2. The average molecular weight is 559 g/mol. The molecule has 8 nitrogen and oxygen atoms in total. The maximum Gasteiger partial charge on any atom is 0.305 e. The summed E-state index contributed by atoms with van der Waals surface area (Å²) in [6, 6.07) is 14.0. The van der Waals surface area contributed by atoms with E-state index in [2.05, 4.69) is 18.2 Å². The van der Waals surface area contributed by atoms with Gasteiger partial charge in [-0.3, -0.25) is 14.4 Å². The molecule has 38 heavy (non-hydrogen) atoms. The fourth-order valence-corrected chi connectivity index (χ4v) is 6.45. The van der Waals surface area contributed by atoms with Gasteiger partial charge >= 0.3 is 17.9 Å². The highest BCUT2D eigenvalue weighted by molar-refractivity contribution is 7.99. The summed E-state index contributed by atoms with van der Waals surface area (Å²) in [7, 11) is 0. The molecule has 0 bridgehead atoms. The molecule has 5 atom stereocenters. The third-order valence-corrected chi connectivity index (χ3v) is 8.30. The summed E-state index contributed by atoms with van der Waals surface area (Å²) < 4.78 is 28.3. The van der Waals surface area contributed by atoms with E-state index in [-0.39, 0.29) is 0 Å². The standard InChI is InChI=1S/C28H30O8S2/c1-15-8-9-19(13-20(15)14-21-10-11-23(38-21)22-7-6-12-32-22)24-27(37-5)25(33-16(2)29)26(34-17(3)30)28(36-24)35-18(4)31/h6-13,24-28H,14H2,1-5H3/t24?,25-,26-,27-,28-/m0/s1. The second-order valence-electron chi connectivity index (χ2n) is 8.99. The summed E-state index contributed by atoms with van der Waals surface area (Å²) in [5.74, 6) is -0.915. The van der Waals surface area contributed by atoms with Crippen LogP contribution in [0.4, 0.5) is 0 Å². The highest BCUT2D eigenvalue weighted by Gasteiger charge is 2.51. The predicted molar refractivity (Wildman–Crippen MR) is 144 cm³/mol. The Morgan fingerprint density at radius 2 is 1.66 bits per heavy atom. The number of carbonyl (C=O) groups excluding carboxylic acids is 3. The highest BCUT2D eigenvalue weighted by Crippen LogP contribution is 2.42. The van der Waals surface area contributed by atoms with Crippen molar-refractivity contribution in [1.82, 2.24) is 0 Å². The molecule has 3 aromatic rings. The minimum Gasteiger partial charge on any atom is -0.464 e. The van der Waals surface area contributed by atoms with Gasteiger partial charge in [-0.2, -0.15) is 11.8 Å². The smallest absolute Gasteiger partial charge is 0.305 e. The van der Waals surface area contributed by atoms with E-state index in [1.807, 2.05) is 37.4 Å². The van der Waals surface area contributed by atoms with Crippen molar-refractivity contribution in [3.63, 3.8) is 0 Å². The number of hydrogen-bond donors (Lipinski definition) is 0. The van der Waals surface area contributed by atoms with Crippen LogP contribution in [-0.2, 0) is 39.8 Å². The number of rotatable bonds is 8. The van der Waals surface area contributed by atoms with E-state index in [0.29, 0.717) is 6.42 Å². The molecule has 1 aliphatic heterocycles. The van der Waals surface area contributed by atoms with Crippen LogP contribution >= 0.6 is 23.1 Å². The Morgan fingerprint density at radius 1 is 0.947 bits per heavy atom. The first-order valence-electron chi connectivity index (χ1n) is 12.1. The van der Waals surface area contributed by atoms with Crippen LogP contribution in [0.3, 0.4) is 0 Å². The molecule has 1 aromatic carbocycles. The van der Waals surface area contributed by atoms with Crippen LogP contribution in [0.5, 0.6) is 0 Å². The Bertz CT molecular complexity index is 1280. The minimum atomic E-state index is -1.24. The molecule has 0 amide bonds. The fourth-order valence-electron chi connectivity index (χ4n) is 4.51. The van der Waals surface area contributed by atoms with Crippen LogP contribution in [0.25, 0.3) is 10.6 Å². The topological polar surface area (TPSA) is 101 Å². The third-order valence-electron chi connectivity index (χ3n) is 6.15. The van der Waals surface area contributed by atoms with Crippen molar-refractivity contribution in [2.45, 2.75) is 64.0 Å². The van der Waals surface area contributed by atoms with E-state index in [1.165, 1.54) is 37.4 Å². The van der Waals surface area contributed by atoms with E-state index in [1.54, 1.807) is 17.6 Å². The average Bonchev–Trinajstić information content (AvgIpc) is 3.54. The lowest BCUT2D eigenvalue weighted by molar-refractivity contribution is -0.266. The Kier molecular flexibility index (Phi) is 8.96. The van der Waals surface area contributed by atoms with Gasteiger partial charge in [0.1, 0.15) is 11.9 Å². The minimum absolute atomic E-state index is 0.432. The molecule has 0 radical (unpaired) electrons. The normalized spacial score (nSPS) is 23.0. The Hall–Kier alpha value is -3.08. The lowest BCUT2D eigenvalue weighted by atomic mass is 9.92. The lowest BCUT2D eigenvalue weighted by Crippen LogP contribution is -2.57. The number of aryl methyl sites for hydroxylation is 1. The zero-order valence-corrected chi connectivity index (χ0v) is 23.4. The monoisotopic (exact) mass is 558 g/mol. The molecule has 1 aliphatic rings. The van der Waals surface area contributed by atoms with Gasteiger partial charge in [-0.15, -0.1) is 11.3 Å². The van der Waals surface area contributed by atoms with E-state index in [0.717, 1.165) is 27.3 Å². The van der Waals surface area contributed by atoms with Crippen molar-refractivity contribution in [3.8, 4) is 10.6 Å². The lowest BCUT2D eigenvalue weighted by Gasteiger charge is -2.44. The van der Waals surface area contributed by atoms with Gasteiger partial charge < -0.3 is 23.4 Å². The molecule has 2 aromatic heterocycles. The zero-order valence-electron chi connectivity index (χ0n) is 21.8.